The zero-order valence-electron chi connectivity index (χ0n) is 24.1. The summed E-state index contributed by atoms with van der Waals surface area (Å²) in [6, 6.07) is 9.99. The number of allylic oxidation sites excluding steroid dienone is 4. The van der Waals surface area contributed by atoms with Gasteiger partial charge in [0.05, 0.1) is 16.8 Å². The Hall–Kier alpha value is -4.78. The molecule has 1 aliphatic rings. The third-order valence-corrected chi connectivity index (χ3v) is 7.37. The number of carbonyl (C=O) groups excluding carboxylic acids is 2. The first-order valence-electron chi connectivity index (χ1n) is 13.9. The molecule has 0 saturated carbocycles. The molecular formula is C32H30F6N5O2+. The number of amides is 2. The molecule has 0 spiro atoms. The van der Waals surface area contributed by atoms with E-state index in [0.29, 0.717) is 28.8 Å². The lowest BCUT2D eigenvalue weighted by atomic mass is 9.89. The number of quaternary nitrogens is 1. The molecule has 45 heavy (non-hydrogen) atoms. The number of nitrogens with one attached hydrogen (secondary N) is 2. The van der Waals surface area contributed by atoms with Gasteiger partial charge in [0.25, 0.3) is 11.8 Å². The Morgan fingerprint density at radius 2 is 1.80 bits per heavy atom. The fourth-order valence-corrected chi connectivity index (χ4v) is 5.30. The maximum absolute atomic E-state index is 14.2. The monoisotopic (exact) mass is 630 g/mol. The van der Waals surface area contributed by atoms with Crippen LogP contribution in [-0.4, -0.2) is 41.8 Å². The summed E-state index contributed by atoms with van der Waals surface area (Å²) in [7, 11) is 0. The summed E-state index contributed by atoms with van der Waals surface area (Å²) in [6.45, 7) is 1.11. The molecule has 236 valence electrons. The van der Waals surface area contributed by atoms with Crippen LogP contribution in [0.1, 0.15) is 47.3 Å². The highest BCUT2D eigenvalue weighted by Gasteiger charge is 2.40. The molecule has 0 fully saturated rings. The Labute approximate surface area is 254 Å². The molecule has 1 heterocycles. The van der Waals surface area contributed by atoms with Crippen LogP contribution in [0.5, 0.6) is 0 Å². The lowest BCUT2D eigenvalue weighted by Crippen LogP contribution is -2.85. The Balaban J connectivity index is 1.61. The minimum atomic E-state index is -4.85. The standard InChI is InChI=1S/C32H29F6N5O2/c1-17-4-2-6-26(28(17)30(39)32(36,37)38)42-16-27(44)43-15-20(10-18-11-21(33)14-22(34)12-18)29-23(5-3-9-41-29)19-7-8-25(35)24(13-19)31(40)45/h3-5,7-9,11-14,20,39,42H,2,6,10,15-16H2,1H3,(H2,40,45)(H,43,44)/p+1/t20-/m1/s1. The number of pyridine rings is 1. The number of hydrogen-bond acceptors (Lipinski definition) is 4. The van der Waals surface area contributed by atoms with Crippen molar-refractivity contribution in [1.82, 2.24) is 10.3 Å². The first-order chi connectivity index (χ1) is 21.2. The summed E-state index contributed by atoms with van der Waals surface area (Å²) in [4.78, 5) is 29.2. The molecule has 2 aromatic carbocycles. The van der Waals surface area contributed by atoms with Gasteiger partial charge >= 0.3 is 6.18 Å². The number of primary amides is 1. The highest BCUT2D eigenvalue weighted by Crippen LogP contribution is 2.32. The van der Waals surface area contributed by atoms with Gasteiger partial charge in [-0.3, -0.25) is 20.0 Å². The third kappa shape index (κ3) is 8.24. The summed E-state index contributed by atoms with van der Waals surface area (Å²) in [5.41, 5.74) is 5.25. The average Bonchev–Trinajstić information content (AvgIpc) is 2.97. The molecule has 3 aromatic rings. The molecule has 1 aliphatic carbocycles. The molecule has 6 N–H and O–H groups in total. The van der Waals surface area contributed by atoms with E-state index in [9.17, 15) is 35.9 Å². The van der Waals surface area contributed by atoms with Crippen molar-refractivity contribution in [2.45, 2.75) is 38.3 Å². The van der Waals surface area contributed by atoms with E-state index in [1.807, 2.05) is 0 Å². The Kier molecular flexibility index (Phi) is 10.2. The summed E-state index contributed by atoms with van der Waals surface area (Å²) >= 11 is 0. The van der Waals surface area contributed by atoms with Crippen LogP contribution in [0, 0.1) is 22.9 Å². The van der Waals surface area contributed by atoms with Crippen LogP contribution in [-0.2, 0) is 11.2 Å². The zero-order valence-corrected chi connectivity index (χ0v) is 24.1. The largest absolute Gasteiger partial charge is 0.433 e. The minimum absolute atomic E-state index is 0.00853. The van der Waals surface area contributed by atoms with Crippen molar-refractivity contribution < 1.29 is 41.2 Å². The zero-order chi connectivity index (χ0) is 32.9. The van der Waals surface area contributed by atoms with Crippen LogP contribution in [0.4, 0.5) is 26.3 Å². The van der Waals surface area contributed by atoms with E-state index in [1.165, 1.54) is 30.6 Å². The van der Waals surface area contributed by atoms with Crippen molar-refractivity contribution in [1.29, 1.82) is 5.41 Å². The second-order valence-electron chi connectivity index (χ2n) is 10.6. The summed E-state index contributed by atoms with van der Waals surface area (Å²) in [5.74, 6) is -4.65. The summed E-state index contributed by atoms with van der Waals surface area (Å²) < 4.78 is 82.4. The highest BCUT2D eigenvalue weighted by molar-refractivity contribution is 6.05. The van der Waals surface area contributed by atoms with Crippen molar-refractivity contribution in [3.05, 3.63) is 112 Å². The third-order valence-electron chi connectivity index (χ3n) is 7.37. The van der Waals surface area contributed by atoms with Crippen molar-refractivity contribution in [2.24, 2.45) is 5.73 Å². The quantitative estimate of drug-likeness (QED) is 0.179. The van der Waals surface area contributed by atoms with Gasteiger partial charge in [0, 0.05) is 36.7 Å². The van der Waals surface area contributed by atoms with Gasteiger partial charge in [0.15, 0.2) is 6.54 Å². The number of halogens is 6. The van der Waals surface area contributed by atoms with E-state index >= 15 is 0 Å². The fraction of sp³-hybridized carbons (Fsp3) is 0.250. The molecule has 4 rings (SSSR count). The van der Waals surface area contributed by atoms with Gasteiger partial charge in [0.1, 0.15) is 28.9 Å². The SMILES string of the molecule is CC1=CCCC([NH2+]CC(=O)NC[C@@H](Cc2cc(F)cc(F)c2)c2ncccc2-c2ccc(F)c(C(N)=O)c2)=C1C(=N)C(F)(F)F. The van der Waals surface area contributed by atoms with Gasteiger partial charge in [-0.2, -0.15) is 13.2 Å². The molecule has 1 atom stereocenters. The summed E-state index contributed by atoms with van der Waals surface area (Å²) in [6.07, 6.45) is -1.07. The molecule has 2 amide bonds. The van der Waals surface area contributed by atoms with Crippen LogP contribution in [0.3, 0.4) is 0 Å². The van der Waals surface area contributed by atoms with Crippen molar-refractivity contribution in [2.75, 3.05) is 13.1 Å². The Morgan fingerprint density at radius 1 is 1.09 bits per heavy atom. The van der Waals surface area contributed by atoms with Gasteiger partial charge < -0.3 is 16.4 Å². The predicted octanol–water partition coefficient (Wildman–Crippen LogP) is 4.85. The van der Waals surface area contributed by atoms with E-state index < -0.39 is 47.1 Å². The normalized spacial score (nSPS) is 14.2. The van der Waals surface area contributed by atoms with Crippen LogP contribution < -0.4 is 16.4 Å². The average molecular weight is 631 g/mol. The summed E-state index contributed by atoms with van der Waals surface area (Å²) in [5, 5.41) is 11.7. The Bertz CT molecular complexity index is 1680. The van der Waals surface area contributed by atoms with Crippen LogP contribution in [0.15, 0.2) is 77.6 Å². The fourth-order valence-electron chi connectivity index (χ4n) is 5.30. The first kappa shape index (κ1) is 33.1. The van der Waals surface area contributed by atoms with Crippen molar-refractivity contribution >= 4 is 17.5 Å². The number of alkyl halides is 3. The number of carbonyl (C=O) groups is 2. The highest BCUT2D eigenvalue weighted by atomic mass is 19.4. The van der Waals surface area contributed by atoms with Gasteiger partial charge in [0.2, 0.25) is 0 Å². The minimum Gasteiger partial charge on any atom is -0.366 e. The molecule has 0 bridgehead atoms. The topological polar surface area (TPSA) is 126 Å². The molecule has 1 aromatic heterocycles. The first-order valence-corrected chi connectivity index (χ1v) is 13.9. The van der Waals surface area contributed by atoms with E-state index in [2.05, 4.69) is 10.3 Å². The molecule has 0 saturated heterocycles. The number of aromatic nitrogens is 1. The van der Waals surface area contributed by atoms with E-state index in [4.69, 9.17) is 11.1 Å². The number of hydrogen-bond donors (Lipinski definition) is 4. The van der Waals surface area contributed by atoms with Gasteiger partial charge in [-0.15, -0.1) is 0 Å². The van der Waals surface area contributed by atoms with Gasteiger partial charge in [-0.25, -0.2) is 13.2 Å². The van der Waals surface area contributed by atoms with Gasteiger partial charge in [-0.1, -0.05) is 18.2 Å². The maximum Gasteiger partial charge on any atom is 0.433 e. The molecule has 7 nitrogen and oxygen atoms in total. The maximum atomic E-state index is 14.2. The van der Waals surface area contributed by atoms with Crippen molar-refractivity contribution in [3.8, 4) is 11.1 Å². The molecule has 0 radical (unpaired) electrons. The number of nitrogens with two attached hydrogens (primary N) is 2. The van der Waals surface area contributed by atoms with E-state index in [-0.39, 0.29) is 48.3 Å². The van der Waals surface area contributed by atoms with Crippen LogP contribution in [0.25, 0.3) is 11.1 Å². The molecule has 0 aliphatic heterocycles. The smallest absolute Gasteiger partial charge is 0.366 e. The van der Waals surface area contributed by atoms with Crippen LogP contribution in [0.2, 0.25) is 0 Å². The molecule has 13 heteroatoms. The predicted molar refractivity (Wildman–Crippen MR) is 155 cm³/mol. The second kappa shape index (κ2) is 13.9. The van der Waals surface area contributed by atoms with E-state index in [0.717, 1.165) is 24.3 Å². The second-order valence-corrected chi connectivity index (χ2v) is 10.6. The number of rotatable bonds is 11. The number of benzene rings is 2. The number of nitrogens with zero attached hydrogens (tertiary/aromatic N) is 1. The molecule has 0 unspecified atom stereocenters. The van der Waals surface area contributed by atoms with E-state index in [1.54, 1.807) is 18.2 Å². The lowest BCUT2D eigenvalue weighted by molar-refractivity contribution is -0.597. The van der Waals surface area contributed by atoms with Gasteiger partial charge in [-0.05, 0) is 66.8 Å². The molecular weight excluding hydrogens is 600 g/mol. The lowest BCUT2D eigenvalue weighted by Gasteiger charge is -2.22. The van der Waals surface area contributed by atoms with Crippen LogP contribution >= 0.6 is 0 Å². The Morgan fingerprint density at radius 3 is 2.47 bits per heavy atom. The van der Waals surface area contributed by atoms with Crippen molar-refractivity contribution in [3.63, 3.8) is 0 Å².